The van der Waals surface area contributed by atoms with Gasteiger partial charge in [-0.25, -0.2) is 4.79 Å². The van der Waals surface area contributed by atoms with E-state index in [4.69, 9.17) is 16.3 Å². The summed E-state index contributed by atoms with van der Waals surface area (Å²) in [5, 5.41) is 2.80. The van der Waals surface area contributed by atoms with E-state index >= 15 is 0 Å². The molecule has 1 aromatic carbocycles. The molecule has 0 spiro atoms. The summed E-state index contributed by atoms with van der Waals surface area (Å²) in [4.78, 5) is 23.5. The summed E-state index contributed by atoms with van der Waals surface area (Å²) in [5.41, 5.74) is 0. The van der Waals surface area contributed by atoms with E-state index in [1.54, 1.807) is 31.2 Å². The number of nitrogens with one attached hydrogen (secondary N) is 2. The van der Waals surface area contributed by atoms with Crippen molar-refractivity contribution in [1.82, 2.24) is 5.32 Å². The number of imide groups is 1. The molecule has 1 atom stereocenters. The molecule has 1 aromatic rings. The minimum Gasteiger partial charge on any atom is -0.488 e. The van der Waals surface area contributed by atoms with Crippen LogP contribution in [0.1, 0.15) is 6.92 Å². The quantitative estimate of drug-likeness (QED) is 0.769. The maximum Gasteiger partial charge on any atom is 0.414 e. The first-order chi connectivity index (χ1) is 10.0. The van der Waals surface area contributed by atoms with Crippen molar-refractivity contribution in [3.05, 3.63) is 29.3 Å². The number of alkyl carbamates (subject to hydrolysis) is 1. The van der Waals surface area contributed by atoms with E-state index in [0.29, 0.717) is 18.2 Å². The van der Waals surface area contributed by atoms with Crippen LogP contribution in [-0.2, 0) is 9.53 Å². The van der Waals surface area contributed by atoms with Crippen molar-refractivity contribution in [2.75, 3.05) is 33.4 Å². The van der Waals surface area contributed by atoms with Gasteiger partial charge in [-0.1, -0.05) is 11.6 Å². The molecule has 0 heterocycles. The summed E-state index contributed by atoms with van der Waals surface area (Å²) >= 11 is 5.78. The molecular weight excluding hydrogens is 296 g/mol. The first-order valence-corrected chi connectivity index (χ1v) is 7.05. The molecule has 0 saturated heterocycles. The average molecular weight is 316 g/mol. The lowest BCUT2D eigenvalue weighted by Gasteiger charge is -2.14. The number of hydrogen-bond acceptors (Lipinski definition) is 4. The Balaban J connectivity index is 2.21. The van der Waals surface area contributed by atoms with E-state index in [1.807, 2.05) is 7.05 Å². The van der Waals surface area contributed by atoms with Gasteiger partial charge in [0.2, 0.25) is 0 Å². The van der Waals surface area contributed by atoms with Crippen LogP contribution < -0.4 is 15.0 Å². The van der Waals surface area contributed by atoms with Crippen LogP contribution in [-0.4, -0.2) is 45.4 Å². The molecule has 1 rings (SSSR count). The molecule has 6 nitrogen and oxygen atoms in total. The van der Waals surface area contributed by atoms with Gasteiger partial charge in [-0.3, -0.25) is 10.1 Å². The van der Waals surface area contributed by atoms with E-state index in [-0.39, 0.29) is 19.1 Å². The lowest BCUT2D eigenvalue weighted by Crippen LogP contribution is -3.10. The Hall–Kier alpha value is -1.79. The van der Waals surface area contributed by atoms with E-state index in [1.165, 1.54) is 0 Å². The van der Waals surface area contributed by atoms with Crippen LogP contribution in [0.4, 0.5) is 4.79 Å². The van der Waals surface area contributed by atoms with E-state index in [2.05, 4.69) is 10.1 Å². The van der Waals surface area contributed by atoms with Crippen molar-refractivity contribution in [3.8, 4) is 5.75 Å². The highest BCUT2D eigenvalue weighted by atomic mass is 35.5. The Bertz CT molecular complexity index is 465. The van der Waals surface area contributed by atoms with Gasteiger partial charge in [-0.05, 0) is 31.2 Å². The first-order valence-electron chi connectivity index (χ1n) is 6.67. The number of ether oxygens (including phenoxy) is 2. The molecule has 0 fully saturated rings. The molecular formula is C14H20ClN2O4+. The number of benzene rings is 1. The molecule has 0 aromatic heterocycles. The van der Waals surface area contributed by atoms with Crippen LogP contribution in [0.15, 0.2) is 24.3 Å². The van der Waals surface area contributed by atoms with Crippen molar-refractivity contribution in [2.24, 2.45) is 0 Å². The van der Waals surface area contributed by atoms with Crippen molar-refractivity contribution in [3.63, 3.8) is 0 Å². The van der Waals surface area contributed by atoms with E-state index < -0.39 is 6.09 Å². The van der Waals surface area contributed by atoms with Crippen LogP contribution in [0, 0.1) is 0 Å². The average Bonchev–Trinajstić information content (AvgIpc) is 2.41. The third kappa shape index (κ3) is 7.53. The molecule has 0 radical (unpaired) electrons. The molecule has 2 amide bonds. The second kappa shape index (κ2) is 9.20. The first kappa shape index (κ1) is 17.3. The summed E-state index contributed by atoms with van der Waals surface area (Å²) in [6.45, 7) is 3.16. The molecule has 7 heteroatoms. The van der Waals surface area contributed by atoms with Crippen molar-refractivity contribution in [1.29, 1.82) is 0 Å². The minimum atomic E-state index is -0.715. The van der Waals surface area contributed by atoms with Crippen molar-refractivity contribution >= 4 is 23.6 Å². The zero-order valence-electron chi connectivity index (χ0n) is 12.1. The molecule has 1 unspecified atom stereocenters. The lowest BCUT2D eigenvalue weighted by atomic mass is 10.3. The Morgan fingerprint density at radius 2 is 1.95 bits per heavy atom. The summed E-state index contributed by atoms with van der Waals surface area (Å²) in [5.74, 6) is 0.348. The highest BCUT2D eigenvalue weighted by Crippen LogP contribution is 2.14. The predicted molar refractivity (Wildman–Crippen MR) is 78.7 cm³/mol. The smallest absolute Gasteiger partial charge is 0.414 e. The zero-order valence-corrected chi connectivity index (χ0v) is 12.9. The maximum absolute atomic E-state index is 11.5. The molecule has 21 heavy (non-hydrogen) atoms. The molecule has 0 bridgehead atoms. The van der Waals surface area contributed by atoms with Gasteiger partial charge in [-0.15, -0.1) is 0 Å². The Morgan fingerprint density at radius 3 is 2.57 bits per heavy atom. The van der Waals surface area contributed by atoms with E-state index in [0.717, 1.165) is 10.6 Å². The van der Waals surface area contributed by atoms with Crippen LogP contribution in [0.5, 0.6) is 5.75 Å². The van der Waals surface area contributed by atoms with Gasteiger partial charge in [-0.2, -0.15) is 0 Å². The fourth-order valence-electron chi connectivity index (χ4n) is 1.56. The third-order valence-corrected chi connectivity index (χ3v) is 2.84. The number of likely N-dealkylation sites (N-methyl/N-ethyl adjacent to an activating group) is 1. The highest BCUT2D eigenvalue weighted by Gasteiger charge is 2.13. The van der Waals surface area contributed by atoms with E-state index in [9.17, 15) is 9.59 Å². The van der Waals surface area contributed by atoms with Gasteiger partial charge in [0.15, 0.2) is 6.54 Å². The number of carbonyl (C=O) groups is 2. The topological polar surface area (TPSA) is 69.1 Å². The third-order valence-electron chi connectivity index (χ3n) is 2.59. The Kier molecular flexibility index (Phi) is 7.56. The molecule has 0 aliphatic carbocycles. The molecule has 116 valence electrons. The summed E-state index contributed by atoms with van der Waals surface area (Å²) in [6, 6.07) is 7.07. The van der Waals surface area contributed by atoms with Crippen LogP contribution >= 0.6 is 11.6 Å². The second-order valence-corrected chi connectivity index (χ2v) is 4.89. The van der Waals surface area contributed by atoms with Crippen molar-refractivity contribution < 1.29 is 24.0 Å². The fraction of sp³-hybridized carbons (Fsp3) is 0.429. The number of hydrogen-bond donors (Lipinski definition) is 2. The van der Waals surface area contributed by atoms with Crippen LogP contribution in [0.2, 0.25) is 5.02 Å². The normalized spacial score (nSPS) is 11.6. The Morgan fingerprint density at radius 1 is 1.29 bits per heavy atom. The number of carbonyl (C=O) groups excluding carboxylic acids is 2. The van der Waals surface area contributed by atoms with Crippen LogP contribution in [0.25, 0.3) is 0 Å². The van der Waals surface area contributed by atoms with Gasteiger partial charge in [0.25, 0.3) is 5.91 Å². The highest BCUT2D eigenvalue weighted by molar-refractivity contribution is 6.30. The number of halogens is 1. The van der Waals surface area contributed by atoms with Crippen molar-refractivity contribution in [2.45, 2.75) is 6.92 Å². The van der Waals surface area contributed by atoms with Crippen LogP contribution in [0.3, 0.4) is 0 Å². The minimum absolute atomic E-state index is 0.169. The molecule has 0 saturated carbocycles. The number of amides is 2. The summed E-state index contributed by atoms with van der Waals surface area (Å²) in [7, 11) is 1.84. The lowest BCUT2D eigenvalue weighted by molar-refractivity contribution is -0.871. The zero-order chi connectivity index (χ0) is 15.7. The molecule has 0 aliphatic rings. The summed E-state index contributed by atoms with van der Waals surface area (Å²) < 4.78 is 10.2. The Labute approximate surface area is 129 Å². The summed E-state index contributed by atoms with van der Waals surface area (Å²) in [6.07, 6.45) is -0.715. The van der Waals surface area contributed by atoms with Gasteiger partial charge in [0.05, 0.1) is 13.7 Å². The fourth-order valence-corrected chi connectivity index (χ4v) is 1.69. The second-order valence-electron chi connectivity index (χ2n) is 4.45. The number of rotatable bonds is 7. The van der Waals surface area contributed by atoms with Gasteiger partial charge < -0.3 is 14.4 Å². The standard InChI is InChI=1S/C14H19ClN2O4/c1-3-20-14(19)16-13(18)10-17(2)8-9-21-12-6-4-11(15)5-7-12/h4-7H,3,8-10H2,1-2H3,(H,16,18,19)/p+1. The van der Waals surface area contributed by atoms with Gasteiger partial charge in [0, 0.05) is 5.02 Å². The maximum atomic E-state index is 11.5. The monoisotopic (exact) mass is 315 g/mol. The van der Waals surface area contributed by atoms with Gasteiger partial charge >= 0.3 is 6.09 Å². The SMILES string of the molecule is CCOC(=O)NC(=O)C[NH+](C)CCOc1ccc(Cl)cc1. The molecule has 0 aliphatic heterocycles. The molecule has 2 N–H and O–H groups in total. The predicted octanol–water partition coefficient (Wildman–Crippen LogP) is 0.506. The number of quaternary nitrogens is 1. The largest absolute Gasteiger partial charge is 0.488 e. The van der Waals surface area contributed by atoms with Gasteiger partial charge in [0.1, 0.15) is 18.9 Å².